The maximum Gasteiger partial charge on any atom is 0.257 e. The molecule has 20 heavy (non-hydrogen) atoms. The van der Waals surface area contributed by atoms with Crippen LogP contribution in [0, 0.1) is 5.41 Å². The van der Waals surface area contributed by atoms with Crippen molar-refractivity contribution in [3.8, 4) is 11.5 Å². The third-order valence-corrected chi connectivity index (χ3v) is 4.23. The number of hydrogen-bond acceptors (Lipinski definition) is 4. The molecule has 1 amide bonds. The van der Waals surface area contributed by atoms with Crippen molar-refractivity contribution in [1.82, 2.24) is 4.90 Å². The van der Waals surface area contributed by atoms with E-state index in [9.17, 15) is 4.79 Å². The van der Waals surface area contributed by atoms with Crippen LogP contribution in [0.5, 0.6) is 11.5 Å². The molecule has 1 atom stereocenters. The Morgan fingerprint density at radius 3 is 2.95 bits per heavy atom. The lowest BCUT2D eigenvalue weighted by atomic mass is 9.79. The fraction of sp³-hybridized carbons (Fsp3) is 0.533. The molecule has 0 spiro atoms. The molecule has 2 aliphatic rings. The fourth-order valence-electron chi connectivity index (χ4n) is 2.82. The van der Waals surface area contributed by atoms with Crippen molar-refractivity contribution < 1.29 is 14.3 Å². The first-order chi connectivity index (χ1) is 9.49. The van der Waals surface area contributed by atoms with Gasteiger partial charge < -0.3 is 20.1 Å². The van der Waals surface area contributed by atoms with E-state index in [1.165, 1.54) is 0 Å². The SMILES string of the molecule is CC1(C)CN(C(=O)c2cccc3c2OCO3)CCC1N. The molecule has 1 fully saturated rings. The minimum absolute atomic E-state index is 0.00711. The van der Waals surface area contributed by atoms with Crippen molar-refractivity contribution in [2.45, 2.75) is 26.3 Å². The molecule has 3 rings (SSSR count). The van der Waals surface area contributed by atoms with E-state index in [-0.39, 0.29) is 24.2 Å². The minimum atomic E-state index is -0.0662. The van der Waals surface area contributed by atoms with Crippen LogP contribution < -0.4 is 15.2 Å². The normalized spacial score (nSPS) is 23.8. The molecule has 2 heterocycles. The zero-order valence-electron chi connectivity index (χ0n) is 11.9. The summed E-state index contributed by atoms with van der Waals surface area (Å²) in [6.45, 7) is 5.74. The van der Waals surface area contributed by atoms with Gasteiger partial charge in [-0.3, -0.25) is 4.79 Å². The number of rotatable bonds is 1. The molecule has 1 aromatic carbocycles. The van der Waals surface area contributed by atoms with Gasteiger partial charge in [-0.25, -0.2) is 0 Å². The largest absolute Gasteiger partial charge is 0.454 e. The average Bonchev–Trinajstić information content (AvgIpc) is 2.89. The summed E-state index contributed by atoms with van der Waals surface area (Å²) in [4.78, 5) is 14.6. The fourth-order valence-corrected chi connectivity index (χ4v) is 2.82. The predicted molar refractivity (Wildman–Crippen MR) is 74.8 cm³/mol. The molecule has 2 aliphatic heterocycles. The summed E-state index contributed by atoms with van der Waals surface area (Å²) in [6, 6.07) is 5.56. The number of likely N-dealkylation sites (tertiary alicyclic amines) is 1. The van der Waals surface area contributed by atoms with Crippen molar-refractivity contribution in [2.75, 3.05) is 19.9 Å². The maximum absolute atomic E-state index is 12.7. The van der Waals surface area contributed by atoms with Crippen LogP contribution in [0.15, 0.2) is 18.2 Å². The highest BCUT2D eigenvalue weighted by Crippen LogP contribution is 2.37. The predicted octanol–water partition coefficient (Wildman–Crippen LogP) is 1.61. The molecule has 5 nitrogen and oxygen atoms in total. The third kappa shape index (κ3) is 2.12. The van der Waals surface area contributed by atoms with E-state index in [4.69, 9.17) is 15.2 Å². The third-order valence-electron chi connectivity index (χ3n) is 4.23. The second-order valence-electron chi connectivity index (χ2n) is 6.15. The summed E-state index contributed by atoms with van der Waals surface area (Å²) < 4.78 is 10.7. The number of carbonyl (C=O) groups is 1. The smallest absolute Gasteiger partial charge is 0.257 e. The zero-order chi connectivity index (χ0) is 14.3. The Hall–Kier alpha value is -1.75. The van der Waals surface area contributed by atoms with Gasteiger partial charge >= 0.3 is 0 Å². The monoisotopic (exact) mass is 276 g/mol. The number of hydrogen-bond donors (Lipinski definition) is 1. The van der Waals surface area contributed by atoms with Crippen molar-refractivity contribution in [1.29, 1.82) is 0 Å². The number of ether oxygens (including phenoxy) is 2. The maximum atomic E-state index is 12.7. The lowest BCUT2D eigenvalue weighted by Crippen LogP contribution is -2.54. The number of nitrogens with two attached hydrogens (primary N) is 1. The summed E-state index contributed by atoms with van der Waals surface area (Å²) in [6.07, 6.45) is 0.825. The van der Waals surface area contributed by atoms with E-state index in [1.54, 1.807) is 6.07 Å². The number of piperidine rings is 1. The standard InChI is InChI=1S/C15H20N2O3/c1-15(2)8-17(7-6-12(15)16)14(18)10-4-3-5-11-13(10)20-9-19-11/h3-5,12H,6-9,16H2,1-2H3. The molecule has 0 radical (unpaired) electrons. The Morgan fingerprint density at radius 2 is 2.20 bits per heavy atom. The lowest BCUT2D eigenvalue weighted by Gasteiger charge is -2.42. The Kier molecular flexibility index (Phi) is 3.09. The average molecular weight is 276 g/mol. The molecular formula is C15H20N2O3. The molecular weight excluding hydrogens is 256 g/mol. The minimum Gasteiger partial charge on any atom is -0.454 e. The van der Waals surface area contributed by atoms with Gasteiger partial charge in [0.15, 0.2) is 11.5 Å². The van der Waals surface area contributed by atoms with Gasteiger partial charge in [-0.05, 0) is 24.0 Å². The van der Waals surface area contributed by atoms with E-state index in [1.807, 2.05) is 17.0 Å². The highest BCUT2D eigenvalue weighted by atomic mass is 16.7. The number of nitrogens with zero attached hydrogens (tertiary/aromatic N) is 1. The Morgan fingerprint density at radius 1 is 1.40 bits per heavy atom. The summed E-state index contributed by atoms with van der Waals surface area (Å²) >= 11 is 0. The van der Waals surface area contributed by atoms with Gasteiger partial charge in [0.1, 0.15) is 0 Å². The van der Waals surface area contributed by atoms with Crippen LogP contribution in [-0.2, 0) is 0 Å². The highest BCUT2D eigenvalue weighted by Gasteiger charge is 2.36. The first-order valence-corrected chi connectivity index (χ1v) is 6.92. The highest BCUT2D eigenvalue weighted by molar-refractivity contribution is 5.98. The van der Waals surface area contributed by atoms with Gasteiger partial charge in [-0.2, -0.15) is 0 Å². The number of carbonyl (C=O) groups excluding carboxylic acids is 1. The van der Waals surface area contributed by atoms with E-state index in [0.29, 0.717) is 30.2 Å². The number of para-hydroxylation sites is 1. The molecule has 0 bridgehead atoms. The van der Waals surface area contributed by atoms with E-state index in [2.05, 4.69) is 13.8 Å². The molecule has 1 saturated heterocycles. The van der Waals surface area contributed by atoms with E-state index >= 15 is 0 Å². The molecule has 5 heteroatoms. The summed E-state index contributed by atoms with van der Waals surface area (Å²) in [5, 5.41) is 0. The van der Waals surface area contributed by atoms with Crippen LogP contribution in [0.3, 0.4) is 0 Å². The summed E-state index contributed by atoms with van der Waals surface area (Å²) in [7, 11) is 0. The van der Waals surface area contributed by atoms with E-state index < -0.39 is 0 Å². The van der Waals surface area contributed by atoms with Crippen LogP contribution in [0.25, 0.3) is 0 Å². The summed E-state index contributed by atoms with van der Waals surface area (Å²) in [5.41, 5.74) is 6.63. The van der Waals surface area contributed by atoms with Gasteiger partial charge in [-0.15, -0.1) is 0 Å². The Labute approximate surface area is 118 Å². The van der Waals surface area contributed by atoms with Crippen molar-refractivity contribution in [3.05, 3.63) is 23.8 Å². The van der Waals surface area contributed by atoms with Crippen molar-refractivity contribution >= 4 is 5.91 Å². The first-order valence-electron chi connectivity index (χ1n) is 6.92. The van der Waals surface area contributed by atoms with Crippen molar-refractivity contribution in [3.63, 3.8) is 0 Å². The van der Waals surface area contributed by atoms with Gasteiger partial charge in [0.2, 0.25) is 6.79 Å². The Balaban J connectivity index is 1.85. The van der Waals surface area contributed by atoms with Crippen LogP contribution >= 0.6 is 0 Å². The molecule has 0 saturated carbocycles. The molecule has 108 valence electrons. The van der Waals surface area contributed by atoms with Crippen LogP contribution in [0.2, 0.25) is 0 Å². The number of fused-ring (bicyclic) bond motifs is 1. The van der Waals surface area contributed by atoms with Gasteiger partial charge in [-0.1, -0.05) is 19.9 Å². The molecule has 1 aromatic rings. The quantitative estimate of drug-likeness (QED) is 0.846. The zero-order valence-corrected chi connectivity index (χ0v) is 11.9. The molecule has 0 aliphatic carbocycles. The Bertz CT molecular complexity index is 542. The van der Waals surface area contributed by atoms with Crippen LogP contribution in [0.4, 0.5) is 0 Å². The van der Waals surface area contributed by atoms with Crippen molar-refractivity contribution in [2.24, 2.45) is 11.1 Å². The van der Waals surface area contributed by atoms with Crippen LogP contribution in [-0.4, -0.2) is 36.7 Å². The van der Waals surface area contributed by atoms with Gasteiger partial charge in [0, 0.05) is 19.1 Å². The molecule has 1 unspecified atom stereocenters. The second-order valence-corrected chi connectivity index (χ2v) is 6.15. The number of amides is 1. The lowest BCUT2D eigenvalue weighted by molar-refractivity contribution is 0.0529. The second kappa shape index (κ2) is 4.66. The topological polar surface area (TPSA) is 64.8 Å². The molecule has 0 aromatic heterocycles. The first kappa shape index (κ1) is 13.2. The summed E-state index contributed by atoms with van der Waals surface area (Å²) in [5.74, 6) is 1.20. The van der Waals surface area contributed by atoms with Crippen LogP contribution in [0.1, 0.15) is 30.6 Å². The van der Waals surface area contributed by atoms with E-state index in [0.717, 1.165) is 6.42 Å². The number of benzene rings is 1. The van der Waals surface area contributed by atoms with Gasteiger partial charge in [0.25, 0.3) is 5.91 Å². The molecule has 2 N–H and O–H groups in total. The van der Waals surface area contributed by atoms with Gasteiger partial charge in [0.05, 0.1) is 5.56 Å².